The minimum absolute atomic E-state index is 0.274. The standard InChI is InChI=1S/C30H26ClF3N2O6/c1-40-22-10-20(11-23(12-22)41-29-14-28(15-29,16-29)27(38)39)35-25(18-2-5-19(31)6-3-18)26(37)36-9-8-17-4-7-21(13-24(17)36)42-30(32,33)34/h2-7,10-13,25,35H,8-9,14-16H2,1H3,(H,38,39). The molecule has 1 amide bonds. The topological polar surface area (TPSA) is 97.3 Å². The van der Waals surface area contributed by atoms with Crippen LogP contribution in [0.2, 0.25) is 5.02 Å². The van der Waals surface area contributed by atoms with Crippen LogP contribution in [0.5, 0.6) is 17.2 Å². The van der Waals surface area contributed by atoms with Crippen LogP contribution >= 0.6 is 11.6 Å². The first-order chi connectivity index (χ1) is 19.9. The third-order valence-corrected chi connectivity index (χ3v) is 8.35. The van der Waals surface area contributed by atoms with Crippen molar-refractivity contribution in [2.75, 3.05) is 23.9 Å². The number of benzene rings is 3. The predicted octanol–water partition coefficient (Wildman–Crippen LogP) is 6.38. The lowest BCUT2D eigenvalue weighted by atomic mass is 9.41. The fraction of sp³-hybridized carbons (Fsp3) is 0.333. The van der Waals surface area contributed by atoms with Crippen molar-refractivity contribution >= 4 is 34.9 Å². The van der Waals surface area contributed by atoms with Gasteiger partial charge < -0.3 is 29.5 Å². The van der Waals surface area contributed by atoms with Crippen molar-refractivity contribution in [3.05, 3.63) is 76.8 Å². The Kier molecular flexibility index (Phi) is 6.68. The van der Waals surface area contributed by atoms with E-state index >= 15 is 0 Å². The highest BCUT2D eigenvalue weighted by Gasteiger charge is 2.74. The average molecular weight is 603 g/mol. The van der Waals surface area contributed by atoms with Crippen LogP contribution in [0, 0.1) is 5.41 Å². The number of anilines is 2. The maximum atomic E-state index is 14.1. The van der Waals surface area contributed by atoms with E-state index < -0.39 is 41.0 Å². The third kappa shape index (κ3) is 5.17. The van der Waals surface area contributed by atoms with Crippen molar-refractivity contribution in [3.63, 3.8) is 0 Å². The van der Waals surface area contributed by atoms with E-state index in [4.69, 9.17) is 21.1 Å². The molecule has 0 aromatic heterocycles. The molecule has 1 atom stereocenters. The fourth-order valence-corrected chi connectivity index (χ4v) is 6.29. The van der Waals surface area contributed by atoms with Gasteiger partial charge in [0.05, 0.1) is 18.2 Å². The van der Waals surface area contributed by atoms with Gasteiger partial charge in [-0.1, -0.05) is 29.8 Å². The van der Waals surface area contributed by atoms with E-state index in [-0.39, 0.29) is 6.54 Å². The molecule has 1 heterocycles. The van der Waals surface area contributed by atoms with Gasteiger partial charge in [-0.05, 0) is 35.7 Å². The second-order valence-corrected chi connectivity index (χ2v) is 11.4. The van der Waals surface area contributed by atoms with E-state index in [9.17, 15) is 27.9 Å². The van der Waals surface area contributed by atoms with Crippen LogP contribution in [0.15, 0.2) is 60.7 Å². The molecule has 3 aromatic carbocycles. The van der Waals surface area contributed by atoms with Crippen molar-refractivity contribution in [2.24, 2.45) is 5.41 Å². The number of amides is 1. The summed E-state index contributed by atoms with van der Waals surface area (Å²) in [5.74, 6) is -0.709. The van der Waals surface area contributed by atoms with E-state index in [1.165, 1.54) is 30.2 Å². The molecule has 0 radical (unpaired) electrons. The van der Waals surface area contributed by atoms with Crippen molar-refractivity contribution < 1.29 is 42.1 Å². The zero-order valence-electron chi connectivity index (χ0n) is 22.3. The van der Waals surface area contributed by atoms with Crippen LogP contribution < -0.4 is 24.4 Å². The summed E-state index contributed by atoms with van der Waals surface area (Å²) in [4.78, 5) is 27.0. The summed E-state index contributed by atoms with van der Waals surface area (Å²) < 4.78 is 54.4. The van der Waals surface area contributed by atoms with E-state index in [1.807, 2.05) is 0 Å². The minimum atomic E-state index is -4.87. The Hall–Kier alpha value is -4.12. The van der Waals surface area contributed by atoms with Gasteiger partial charge in [0.25, 0.3) is 5.91 Å². The Bertz CT molecular complexity index is 1540. The SMILES string of the molecule is COc1cc(NC(C(=O)N2CCc3ccc(OC(F)(F)F)cc32)c2ccc(Cl)cc2)cc(OC23CC(C(=O)O)(C2)C3)c1. The van der Waals surface area contributed by atoms with Crippen LogP contribution in [0.3, 0.4) is 0 Å². The molecule has 3 fully saturated rings. The Morgan fingerprint density at radius 3 is 2.33 bits per heavy atom. The number of hydrogen-bond acceptors (Lipinski definition) is 6. The number of halogens is 4. The lowest BCUT2D eigenvalue weighted by molar-refractivity contribution is -0.274. The van der Waals surface area contributed by atoms with Crippen LogP contribution in [0.4, 0.5) is 24.5 Å². The number of carboxylic acids is 1. The number of nitrogens with zero attached hydrogens (tertiary/aromatic N) is 1. The van der Waals surface area contributed by atoms with Gasteiger partial charge in [-0.3, -0.25) is 9.59 Å². The number of carbonyl (C=O) groups is 2. The van der Waals surface area contributed by atoms with E-state index in [0.29, 0.717) is 59.1 Å². The van der Waals surface area contributed by atoms with Crippen LogP contribution in [-0.2, 0) is 16.0 Å². The van der Waals surface area contributed by atoms with Crippen molar-refractivity contribution in [3.8, 4) is 17.2 Å². The lowest BCUT2D eigenvalue weighted by Gasteiger charge is -2.66. The second kappa shape index (κ2) is 10.0. The molecule has 2 bridgehead atoms. The molecule has 1 aliphatic heterocycles. The maximum absolute atomic E-state index is 14.1. The number of ether oxygens (including phenoxy) is 3. The van der Waals surface area contributed by atoms with Crippen LogP contribution in [-0.4, -0.2) is 42.6 Å². The average Bonchev–Trinajstić information content (AvgIpc) is 3.30. The molecule has 8 nitrogen and oxygen atoms in total. The Labute approximate surface area is 243 Å². The number of aliphatic carboxylic acids is 1. The Morgan fingerprint density at radius 2 is 1.69 bits per heavy atom. The monoisotopic (exact) mass is 602 g/mol. The molecule has 12 heteroatoms. The number of hydrogen-bond donors (Lipinski definition) is 2. The number of carboxylic acid groups (broad SMARTS) is 1. The molecule has 3 aromatic rings. The van der Waals surface area contributed by atoms with Crippen molar-refractivity contribution in [2.45, 2.75) is 43.7 Å². The first-order valence-corrected chi connectivity index (χ1v) is 13.6. The fourth-order valence-electron chi connectivity index (χ4n) is 6.16. The van der Waals surface area contributed by atoms with Gasteiger partial charge in [0, 0.05) is 60.8 Å². The number of alkyl halides is 3. The number of rotatable bonds is 9. The summed E-state index contributed by atoms with van der Waals surface area (Å²) in [7, 11) is 1.49. The van der Waals surface area contributed by atoms with Gasteiger partial charge in [-0.15, -0.1) is 13.2 Å². The number of carbonyl (C=O) groups excluding carboxylic acids is 1. The third-order valence-electron chi connectivity index (χ3n) is 8.10. The first-order valence-electron chi connectivity index (χ1n) is 13.2. The highest BCUT2D eigenvalue weighted by Crippen LogP contribution is 2.69. The van der Waals surface area contributed by atoms with Gasteiger partial charge in [-0.25, -0.2) is 0 Å². The zero-order chi connectivity index (χ0) is 29.9. The number of nitrogens with one attached hydrogen (secondary N) is 1. The summed E-state index contributed by atoms with van der Waals surface area (Å²) in [5.41, 5.74) is 0.890. The lowest BCUT2D eigenvalue weighted by Crippen LogP contribution is -2.72. The smallest absolute Gasteiger partial charge is 0.497 e. The van der Waals surface area contributed by atoms with Gasteiger partial charge in [0.2, 0.25) is 0 Å². The van der Waals surface area contributed by atoms with Gasteiger partial charge in [0.1, 0.15) is 28.9 Å². The quantitative estimate of drug-likeness (QED) is 0.293. The second-order valence-electron chi connectivity index (χ2n) is 11.0. The molecular formula is C30H26ClF3N2O6. The minimum Gasteiger partial charge on any atom is -0.497 e. The molecule has 42 heavy (non-hydrogen) atoms. The molecule has 7 rings (SSSR count). The van der Waals surface area contributed by atoms with Gasteiger partial charge in [-0.2, -0.15) is 0 Å². The number of fused-ring (bicyclic) bond motifs is 1. The molecule has 2 N–H and O–H groups in total. The summed E-state index contributed by atoms with van der Waals surface area (Å²) in [5, 5.41) is 13.2. The molecule has 220 valence electrons. The normalized spacial score (nSPS) is 22.7. The molecule has 0 spiro atoms. The van der Waals surface area contributed by atoms with Crippen molar-refractivity contribution in [1.82, 2.24) is 0 Å². The predicted molar refractivity (Wildman–Crippen MR) is 147 cm³/mol. The number of methoxy groups -OCH3 is 1. The van der Waals surface area contributed by atoms with Crippen molar-refractivity contribution in [1.29, 1.82) is 0 Å². The summed E-state index contributed by atoms with van der Waals surface area (Å²) in [6, 6.07) is 14.8. The maximum Gasteiger partial charge on any atom is 0.573 e. The van der Waals surface area contributed by atoms with Crippen LogP contribution in [0.25, 0.3) is 0 Å². The Morgan fingerprint density at radius 1 is 1.00 bits per heavy atom. The molecule has 3 saturated carbocycles. The first kappa shape index (κ1) is 28.0. The zero-order valence-corrected chi connectivity index (χ0v) is 23.1. The molecule has 1 unspecified atom stereocenters. The highest BCUT2D eigenvalue weighted by molar-refractivity contribution is 6.30. The summed E-state index contributed by atoms with van der Waals surface area (Å²) in [6.07, 6.45) is -3.12. The summed E-state index contributed by atoms with van der Waals surface area (Å²) >= 11 is 6.10. The molecule has 4 aliphatic rings. The molecular weight excluding hydrogens is 577 g/mol. The van der Waals surface area contributed by atoms with Gasteiger partial charge in [0.15, 0.2) is 0 Å². The molecule has 0 saturated heterocycles. The van der Waals surface area contributed by atoms with E-state index in [0.717, 1.165) is 5.56 Å². The summed E-state index contributed by atoms with van der Waals surface area (Å²) in [6.45, 7) is 0.274. The molecule has 3 aliphatic carbocycles. The largest absolute Gasteiger partial charge is 0.573 e. The van der Waals surface area contributed by atoms with E-state index in [2.05, 4.69) is 10.1 Å². The van der Waals surface area contributed by atoms with E-state index in [1.54, 1.807) is 42.5 Å². The Balaban J connectivity index is 1.29. The van der Waals surface area contributed by atoms with Crippen LogP contribution in [0.1, 0.15) is 36.4 Å². The van der Waals surface area contributed by atoms with Gasteiger partial charge >= 0.3 is 12.3 Å². The highest BCUT2D eigenvalue weighted by atomic mass is 35.5.